The lowest BCUT2D eigenvalue weighted by molar-refractivity contribution is -0.384. The van der Waals surface area contributed by atoms with E-state index in [2.05, 4.69) is 0 Å². The molecule has 0 heterocycles. The zero-order valence-corrected chi connectivity index (χ0v) is 7.34. The second kappa shape index (κ2) is 4.04. The van der Waals surface area contributed by atoms with Gasteiger partial charge >= 0.3 is 0 Å². The van der Waals surface area contributed by atoms with E-state index in [1.807, 2.05) is 0 Å². The average Bonchev–Trinajstić information content (AvgIpc) is 1.94. The maximum absolute atomic E-state index is 10.2. The van der Waals surface area contributed by atoms with Crippen LogP contribution in [0.1, 0.15) is 5.56 Å². The van der Waals surface area contributed by atoms with Crippen LogP contribution in [0.4, 0.5) is 5.69 Å². The Hall–Kier alpha value is -1.13. The molecule has 0 fully saturated rings. The molecule has 0 radical (unpaired) electrons. The van der Waals surface area contributed by atoms with Crippen molar-refractivity contribution >= 4 is 17.3 Å². The normalized spacial score (nSPS) is 8.83. The molecule has 0 spiro atoms. The van der Waals surface area contributed by atoms with E-state index in [1.54, 1.807) is 6.92 Å². The summed E-state index contributed by atoms with van der Waals surface area (Å²) in [5, 5.41) is 10.8. The van der Waals surface area contributed by atoms with Crippen LogP contribution in [-0.2, 0) is 0 Å². The highest BCUT2D eigenvalue weighted by Gasteiger charge is 2.05. The summed E-state index contributed by atoms with van der Waals surface area (Å²) < 4.78 is 0. The standard InChI is InChI=1S/C7H6ClNO2.H3N/c1-5-4-6(9(10)11)2-3-7(5)8;/h2-4H,1H3;1H3. The number of hydrogen-bond donors (Lipinski definition) is 1. The van der Waals surface area contributed by atoms with E-state index in [4.69, 9.17) is 11.6 Å². The van der Waals surface area contributed by atoms with Gasteiger partial charge < -0.3 is 6.15 Å². The molecule has 0 saturated heterocycles. The third kappa shape index (κ3) is 2.18. The summed E-state index contributed by atoms with van der Waals surface area (Å²) in [6.07, 6.45) is 0. The average molecular weight is 189 g/mol. The molecular formula is C7H9ClN2O2. The fraction of sp³-hybridized carbons (Fsp3) is 0.143. The molecule has 0 saturated carbocycles. The van der Waals surface area contributed by atoms with E-state index in [-0.39, 0.29) is 11.8 Å². The number of non-ortho nitro benzene ring substituents is 1. The molecule has 66 valence electrons. The van der Waals surface area contributed by atoms with Crippen molar-refractivity contribution in [2.24, 2.45) is 0 Å². The quantitative estimate of drug-likeness (QED) is 0.544. The Morgan fingerprint density at radius 3 is 2.50 bits per heavy atom. The van der Waals surface area contributed by atoms with E-state index >= 15 is 0 Å². The van der Waals surface area contributed by atoms with Crippen molar-refractivity contribution in [1.29, 1.82) is 0 Å². The van der Waals surface area contributed by atoms with Crippen LogP contribution in [0, 0.1) is 17.0 Å². The number of rotatable bonds is 1. The highest BCUT2D eigenvalue weighted by Crippen LogP contribution is 2.20. The van der Waals surface area contributed by atoms with Crippen molar-refractivity contribution in [1.82, 2.24) is 6.15 Å². The number of nitrogens with zero attached hydrogens (tertiary/aromatic N) is 1. The lowest BCUT2D eigenvalue weighted by Crippen LogP contribution is -1.87. The van der Waals surface area contributed by atoms with E-state index < -0.39 is 4.92 Å². The minimum Gasteiger partial charge on any atom is -0.344 e. The Kier molecular flexibility index (Phi) is 3.66. The van der Waals surface area contributed by atoms with Crippen LogP contribution in [-0.4, -0.2) is 4.92 Å². The van der Waals surface area contributed by atoms with Crippen LogP contribution in [0.5, 0.6) is 0 Å². The van der Waals surface area contributed by atoms with Gasteiger partial charge in [-0.1, -0.05) is 11.6 Å². The summed E-state index contributed by atoms with van der Waals surface area (Å²) in [6.45, 7) is 1.73. The predicted molar refractivity (Wildman–Crippen MR) is 47.9 cm³/mol. The molecule has 0 aliphatic rings. The number of halogens is 1. The summed E-state index contributed by atoms with van der Waals surface area (Å²) in [4.78, 5) is 9.79. The van der Waals surface area contributed by atoms with Crippen LogP contribution in [0.2, 0.25) is 5.02 Å². The molecule has 0 unspecified atom stereocenters. The summed E-state index contributed by atoms with van der Waals surface area (Å²) in [7, 11) is 0. The van der Waals surface area contributed by atoms with Gasteiger partial charge in [0.25, 0.3) is 5.69 Å². The van der Waals surface area contributed by atoms with Gasteiger partial charge in [-0.05, 0) is 18.6 Å². The zero-order chi connectivity index (χ0) is 8.43. The van der Waals surface area contributed by atoms with E-state index in [0.29, 0.717) is 5.02 Å². The second-order valence-corrected chi connectivity index (χ2v) is 2.60. The van der Waals surface area contributed by atoms with Crippen molar-refractivity contribution in [2.75, 3.05) is 0 Å². The molecule has 0 aliphatic carbocycles. The lowest BCUT2D eigenvalue weighted by atomic mass is 10.2. The molecule has 0 atom stereocenters. The first-order valence-electron chi connectivity index (χ1n) is 3.02. The Labute approximate surface area is 74.9 Å². The molecule has 1 aromatic carbocycles. The SMILES string of the molecule is Cc1cc([N+](=O)[O-])ccc1Cl.N. The van der Waals surface area contributed by atoms with Gasteiger partial charge in [-0.3, -0.25) is 10.1 Å². The highest BCUT2D eigenvalue weighted by atomic mass is 35.5. The number of aryl methyl sites for hydroxylation is 1. The fourth-order valence-electron chi connectivity index (χ4n) is 0.742. The molecule has 1 aromatic rings. The topological polar surface area (TPSA) is 78.1 Å². The van der Waals surface area contributed by atoms with Gasteiger partial charge in [0, 0.05) is 17.2 Å². The molecule has 3 N–H and O–H groups in total. The van der Waals surface area contributed by atoms with Gasteiger partial charge in [-0.25, -0.2) is 0 Å². The van der Waals surface area contributed by atoms with E-state index in [0.717, 1.165) is 5.56 Å². The number of nitro benzene ring substituents is 1. The number of benzene rings is 1. The van der Waals surface area contributed by atoms with E-state index in [1.165, 1.54) is 18.2 Å². The first kappa shape index (κ1) is 10.9. The van der Waals surface area contributed by atoms with Gasteiger partial charge in [0.1, 0.15) is 0 Å². The lowest BCUT2D eigenvalue weighted by Gasteiger charge is -1.95. The summed E-state index contributed by atoms with van der Waals surface area (Å²) in [5.74, 6) is 0. The van der Waals surface area contributed by atoms with Crippen LogP contribution in [0.15, 0.2) is 18.2 Å². The summed E-state index contributed by atoms with van der Waals surface area (Å²) >= 11 is 5.66. The molecule has 1 rings (SSSR count). The Balaban J connectivity index is 0.00000121. The third-order valence-electron chi connectivity index (χ3n) is 1.35. The molecule has 0 aliphatic heterocycles. The van der Waals surface area contributed by atoms with Gasteiger partial charge in [0.05, 0.1) is 4.92 Å². The zero-order valence-electron chi connectivity index (χ0n) is 6.58. The number of nitro groups is 1. The Morgan fingerprint density at radius 2 is 2.08 bits per heavy atom. The summed E-state index contributed by atoms with van der Waals surface area (Å²) in [5.41, 5.74) is 0.799. The van der Waals surface area contributed by atoms with Gasteiger partial charge in [0.15, 0.2) is 0 Å². The fourth-order valence-corrected chi connectivity index (χ4v) is 0.860. The Bertz CT molecular complexity index is 301. The molecule has 5 heteroatoms. The molecule has 0 amide bonds. The first-order chi connectivity index (χ1) is 5.11. The molecule has 0 bridgehead atoms. The molecule has 0 aromatic heterocycles. The molecular weight excluding hydrogens is 180 g/mol. The number of hydrogen-bond acceptors (Lipinski definition) is 3. The minimum atomic E-state index is -0.441. The monoisotopic (exact) mass is 188 g/mol. The van der Waals surface area contributed by atoms with Gasteiger partial charge in [0.2, 0.25) is 0 Å². The van der Waals surface area contributed by atoms with Crippen molar-refractivity contribution < 1.29 is 4.92 Å². The van der Waals surface area contributed by atoms with E-state index in [9.17, 15) is 10.1 Å². The first-order valence-corrected chi connectivity index (χ1v) is 3.39. The second-order valence-electron chi connectivity index (χ2n) is 2.19. The minimum absolute atomic E-state index is 0. The highest BCUT2D eigenvalue weighted by molar-refractivity contribution is 6.31. The molecule has 4 nitrogen and oxygen atoms in total. The van der Waals surface area contributed by atoms with Crippen molar-refractivity contribution in [3.63, 3.8) is 0 Å². The summed E-state index contributed by atoms with van der Waals surface area (Å²) in [6, 6.07) is 4.35. The van der Waals surface area contributed by atoms with Crippen molar-refractivity contribution in [3.05, 3.63) is 38.9 Å². The third-order valence-corrected chi connectivity index (χ3v) is 1.78. The predicted octanol–water partition coefficient (Wildman–Crippen LogP) is 2.72. The van der Waals surface area contributed by atoms with Gasteiger partial charge in [-0.2, -0.15) is 0 Å². The van der Waals surface area contributed by atoms with Crippen molar-refractivity contribution in [3.8, 4) is 0 Å². The van der Waals surface area contributed by atoms with Crippen LogP contribution in [0.3, 0.4) is 0 Å². The largest absolute Gasteiger partial charge is 0.344 e. The van der Waals surface area contributed by atoms with Crippen LogP contribution < -0.4 is 6.15 Å². The molecule has 12 heavy (non-hydrogen) atoms. The Morgan fingerprint density at radius 1 is 1.50 bits per heavy atom. The van der Waals surface area contributed by atoms with Crippen LogP contribution >= 0.6 is 11.6 Å². The maximum Gasteiger partial charge on any atom is 0.269 e. The van der Waals surface area contributed by atoms with Gasteiger partial charge in [-0.15, -0.1) is 0 Å². The smallest absolute Gasteiger partial charge is 0.269 e. The van der Waals surface area contributed by atoms with Crippen molar-refractivity contribution in [2.45, 2.75) is 6.92 Å². The van der Waals surface area contributed by atoms with Crippen LogP contribution in [0.25, 0.3) is 0 Å². The maximum atomic E-state index is 10.2.